The van der Waals surface area contributed by atoms with Crippen molar-refractivity contribution in [3.63, 3.8) is 0 Å². The van der Waals surface area contributed by atoms with Gasteiger partial charge in [0.15, 0.2) is 0 Å². The molecule has 0 aliphatic rings. The van der Waals surface area contributed by atoms with Gasteiger partial charge in [-0.2, -0.15) is 0 Å². The van der Waals surface area contributed by atoms with Crippen LogP contribution in [0.25, 0.3) is 0 Å². The summed E-state index contributed by atoms with van der Waals surface area (Å²) in [4.78, 5) is 3.61. The zero-order valence-electron chi connectivity index (χ0n) is 12.8. The Bertz CT molecular complexity index is 564. The van der Waals surface area contributed by atoms with Crippen molar-refractivity contribution < 1.29 is 4.39 Å². The summed E-state index contributed by atoms with van der Waals surface area (Å²) < 4.78 is 13.6. The van der Waals surface area contributed by atoms with Crippen LogP contribution in [0.2, 0.25) is 0 Å². The van der Waals surface area contributed by atoms with E-state index >= 15 is 0 Å². The van der Waals surface area contributed by atoms with Gasteiger partial charge in [-0.3, -0.25) is 0 Å². The first-order chi connectivity index (χ1) is 9.97. The van der Waals surface area contributed by atoms with Gasteiger partial charge in [0, 0.05) is 22.6 Å². The predicted molar refractivity (Wildman–Crippen MR) is 89.4 cm³/mol. The van der Waals surface area contributed by atoms with E-state index in [2.05, 4.69) is 36.3 Å². The van der Waals surface area contributed by atoms with Crippen LogP contribution in [0.1, 0.15) is 31.2 Å². The van der Waals surface area contributed by atoms with Crippen molar-refractivity contribution in [1.82, 2.24) is 0 Å². The number of nitrogens with two attached hydrogens (primary N) is 1. The Morgan fingerprint density at radius 1 is 1.24 bits per heavy atom. The molecule has 0 aliphatic carbocycles. The molecule has 1 aromatic carbocycles. The average molecular weight is 306 g/mol. The molecular weight excluding hydrogens is 283 g/mol. The van der Waals surface area contributed by atoms with Crippen molar-refractivity contribution in [3.05, 3.63) is 52.0 Å². The number of thiophene rings is 1. The minimum absolute atomic E-state index is 0.0151. The molecule has 2 nitrogen and oxygen atoms in total. The van der Waals surface area contributed by atoms with E-state index in [0.29, 0.717) is 12.5 Å². The Hall–Kier alpha value is -1.39. The Labute approximate surface area is 130 Å². The van der Waals surface area contributed by atoms with Gasteiger partial charge in [-0.1, -0.05) is 6.07 Å². The van der Waals surface area contributed by atoms with Crippen LogP contribution in [-0.2, 0) is 13.0 Å². The number of nitrogens with zero attached hydrogens (tertiary/aromatic N) is 1. The van der Waals surface area contributed by atoms with Crippen molar-refractivity contribution in [2.75, 3.05) is 4.90 Å². The third-order valence-electron chi connectivity index (χ3n) is 3.42. The highest BCUT2D eigenvalue weighted by Crippen LogP contribution is 2.27. The third kappa shape index (κ3) is 4.29. The largest absolute Gasteiger partial charge is 0.364 e. The third-order valence-corrected chi connectivity index (χ3v) is 4.28. The summed E-state index contributed by atoms with van der Waals surface area (Å²) in [5, 5.41) is 2.08. The molecule has 1 atom stereocenters. The minimum Gasteiger partial charge on any atom is -0.364 e. The molecule has 0 amide bonds. The van der Waals surface area contributed by atoms with Crippen LogP contribution in [0.3, 0.4) is 0 Å². The van der Waals surface area contributed by atoms with Gasteiger partial charge in [0.1, 0.15) is 5.82 Å². The van der Waals surface area contributed by atoms with Gasteiger partial charge in [0.25, 0.3) is 0 Å². The molecule has 0 spiro atoms. The van der Waals surface area contributed by atoms with Crippen molar-refractivity contribution in [3.8, 4) is 0 Å². The fourth-order valence-electron chi connectivity index (χ4n) is 2.46. The molecule has 1 heterocycles. The van der Waals surface area contributed by atoms with E-state index in [0.717, 1.165) is 17.8 Å². The molecule has 0 saturated heterocycles. The van der Waals surface area contributed by atoms with Crippen LogP contribution >= 0.6 is 11.3 Å². The lowest BCUT2D eigenvalue weighted by Crippen LogP contribution is -2.31. The van der Waals surface area contributed by atoms with Gasteiger partial charge in [0.05, 0.1) is 6.54 Å². The van der Waals surface area contributed by atoms with Gasteiger partial charge in [0.2, 0.25) is 0 Å². The van der Waals surface area contributed by atoms with E-state index in [1.165, 1.54) is 10.9 Å². The summed E-state index contributed by atoms with van der Waals surface area (Å²) in [5.74, 6) is -0.200. The lowest BCUT2D eigenvalue weighted by Gasteiger charge is -2.31. The summed E-state index contributed by atoms with van der Waals surface area (Å²) in [6.45, 7) is 7.11. The number of hydrogen-bond acceptors (Lipinski definition) is 3. The van der Waals surface area contributed by atoms with Crippen LogP contribution < -0.4 is 10.6 Å². The van der Waals surface area contributed by atoms with Crippen molar-refractivity contribution in [2.24, 2.45) is 5.73 Å². The van der Waals surface area contributed by atoms with E-state index in [1.54, 1.807) is 17.4 Å². The molecule has 0 aliphatic heterocycles. The Morgan fingerprint density at radius 3 is 2.57 bits per heavy atom. The first kappa shape index (κ1) is 16.0. The predicted octanol–water partition coefficient (Wildman–Crippen LogP) is 4.19. The summed E-state index contributed by atoms with van der Waals surface area (Å²) in [6, 6.07) is 9.57. The molecule has 21 heavy (non-hydrogen) atoms. The standard InChI is InChI=1S/C17H23FN2S/c1-12(2)20(11-16-5-4-8-21-16)17-7-6-15(18)10-14(17)9-13(3)19/h4-8,10,12-13H,9,11,19H2,1-3H3. The number of hydrogen-bond donors (Lipinski definition) is 1. The lowest BCUT2D eigenvalue weighted by molar-refractivity contribution is 0.618. The number of benzene rings is 1. The SMILES string of the molecule is CC(N)Cc1cc(F)ccc1N(Cc1cccs1)C(C)C. The van der Waals surface area contributed by atoms with Crippen LogP contribution in [0.5, 0.6) is 0 Å². The van der Waals surface area contributed by atoms with Crippen LogP contribution in [-0.4, -0.2) is 12.1 Å². The smallest absolute Gasteiger partial charge is 0.123 e. The summed E-state index contributed by atoms with van der Waals surface area (Å²) >= 11 is 1.75. The molecule has 4 heteroatoms. The second kappa shape index (κ2) is 7.05. The quantitative estimate of drug-likeness (QED) is 0.867. The topological polar surface area (TPSA) is 29.3 Å². The highest BCUT2D eigenvalue weighted by Gasteiger charge is 2.17. The average Bonchev–Trinajstić information content (AvgIpc) is 2.89. The van der Waals surface area contributed by atoms with E-state index in [1.807, 2.05) is 13.0 Å². The number of anilines is 1. The highest BCUT2D eigenvalue weighted by molar-refractivity contribution is 7.09. The van der Waals surface area contributed by atoms with Crippen molar-refractivity contribution >= 4 is 17.0 Å². The van der Waals surface area contributed by atoms with E-state index in [4.69, 9.17) is 5.73 Å². The number of halogens is 1. The normalized spacial score (nSPS) is 12.7. The second-order valence-electron chi connectivity index (χ2n) is 5.76. The Balaban J connectivity index is 2.35. The van der Waals surface area contributed by atoms with E-state index in [-0.39, 0.29) is 11.9 Å². The van der Waals surface area contributed by atoms with Gasteiger partial charge in [-0.15, -0.1) is 11.3 Å². The first-order valence-electron chi connectivity index (χ1n) is 7.30. The Kier molecular flexibility index (Phi) is 5.37. The van der Waals surface area contributed by atoms with E-state index < -0.39 is 0 Å². The molecule has 1 unspecified atom stereocenters. The zero-order valence-corrected chi connectivity index (χ0v) is 13.7. The monoisotopic (exact) mass is 306 g/mol. The van der Waals surface area contributed by atoms with Crippen molar-refractivity contribution in [2.45, 2.75) is 45.8 Å². The molecule has 0 fully saturated rings. The minimum atomic E-state index is -0.200. The number of rotatable bonds is 6. The van der Waals surface area contributed by atoms with Gasteiger partial charge in [-0.05, 0) is 62.4 Å². The molecule has 2 rings (SSSR count). The summed E-state index contributed by atoms with van der Waals surface area (Å²) in [5.41, 5.74) is 7.98. The maximum absolute atomic E-state index is 13.6. The maximum atomic E-state index is 13.6. The molecule has 114 valence electrons. The van der Waals surface area contributed by atoms with Gasteiger partial charge >= 0.3 is 0 Å². The van der Waals surface area contributed by atoms with Gasteiger partial charge < -0.3 is 10.6 Å². The van der Waals surface area contributed by atoms with Crippen LogP contribution in [0.15, 0.2) is 35.7 Å². The molecule has 2 N–H and O–H groups in total. The maximum Gasteiger partial charge on any atom is 0.123 e. The Morgan fingerprint density at radius 2 is 2.00 bits per heavy atom. The fraction of sp³-hybridized carbons (Fsp3) is 0.412. The summed E-state index contributed by atoms with van der Waals surface area (Å²) in [7, 11) is 0. The zero-order chi connectivity index (χ0) is 15.4. The molecule has 1 aromatic heterocycles. The second-order valence-corrected chi connectivity index (χ2v) is 6.79. The van der Waals surface area contributed by atoms with Crippen LogP contribution in [0.4, 0.5) is 10.1 Å². The van der Waals surface area contributed by atoms with Gasteiger partial charge in [-0.25, -0.2) is 4.39 Å². The lowest BCUT2D eigenvalue weighted by atomic mass is 10.0. The fourth-order valence-corrected chi connectivity index (χ4v) is 3.16. The van der Waals surface area contributed by atoms with Crippen LogP contribution in [0, 0.1) is 5.82 Å². The molecule has 2 aromatic rings. The molecule has 0 radical (unpaired) electrons. The molecule has 0 saturated carbocycles. The van der Waals surface area contributed by atoms with Crippen molar-refractivity contribution in [1.29, 1.82) is 0 Å². The molecular formula is C17H23FN2S. The van der Waals surface area contributed by atoms with E-state index in [9.17, 15) is 4.39 Å². The molecule has 0 bridgehead atoms. The summed E-state index contributed by atoms with van der Waals surface area (Å²) in [6.07, 6.45) is 0.681. The first-order valence-corrected chi connectivity index (χ1v) is 8.18. The highest BCUT2D eigenvalue weighted by atomic mass is 32.1.